The van der Waals surface area contributed by atoms with Crippen molar-refractivity contribution >= 4 is 29.3 Å². The number of nitrogens with zero attached hydrogens (tertiary/aromatic N) is 3. The first-order chi connectivity index (χ1) is 17.4. The third-order valence-electron chi connectivity index (χ3n) is 5.90. The van der Waals surface area contributed by atoms with Crippen molar-refractivity contribution in [2.45, 2.75) is 18.6 Å². The summed E-state index contributed by atoms with van der Waals surface area (Å²) in [5, 5.41) is 22.8. The number of hydrogen-bond acceptors (Lipinski definition) is 6. The van der Waals surface area contributed by atoms with Gasteiger partial charge in [0.25, 0.3) is 0 Å². The molecule has 2 atom stereocenters. The topological polar surface area (TPSA) is 129 Å². The van der Waals surface area contributed by atoms with Gasteiger partial charge < -0.3 is 24.8 Å². The van der Waals surface area contributed by atoms with E-state index in [-0.39, 0.29) is 23.2 Å². The van der Waals surface area contributed by atoms with Crippen LogP contribution in [-0.4, -0.2) is 42.1 Å². The Bertz CT molecular complexity index is 1410. The summed E-state index contributed by atoms with van der Waals surface area (Å²) in [6.45, 7) is 0.474. The number of furan rings is 1. The van der Waals surface area contributed by atoms with E-state index >= 15 is 0 Å². The van der Waals surface area contributed by atoms with Crippen molar-refractivity contribution in [2.24, 2.45) is 0 Å². The molecule has 4 aromatic rings. The van der Waals surface area contributed by atoms with Crippen molar-refractivity contribution in [1.29, 1.82) is 0 Å². The molecule has 4 heterocycles. The lowest BCUT2D eigenvalue weighted by molar-refractivity contribution is 0.0696. The molecule has 5 rings (SSSR count). The number of thiocarbonyl (C=S) groups is 1. The highest BCUT2D eigenvalue weighted by Crippen LogP contribution is 2.41. The Morgan fingerprint density at radius 1 is 1.00 bits per heavy atom. The molecular formula is C26H20N4O5S. The lowest BCUT2D eigenvalue weighted by Gasteiger charge is -2.26. The normalized spacial score (nSPS) is 17.1. The zero-order chi connectivity index (χ0) is 25.2. The molecule has 3 aromatic heterocycles. The average molecular weight is 501 g/mol. The number of carboxylic acids is 2. The first-order valence-electron chi connectivity index (χ1n) is 11.0. The third kappa shape index (κ3) is 4.53. The number of carboxylic acid groups (broad SMARTS) is 2. The van der Waals surface area contributed by atoms with Crippen LogP contribution in [0.2, 0.25) is 0 Å². The Labute approximate surface area is 211 Å². The van der Waals surface area contributed by atoms with Crippen LogP contribution in [0.1, 0.15) is 49.8 Å². The highest BCUT2D eigenvalue weighted by molar-refractivity contribution is 7.80. The van der Waals surface area contributed by atoms with E-state index in [0.717, 1.165) is 17.3 Å². The number of carbonyl (C=O) groups is 2. The molecule has 0 amide bonds. The van der Waals surface area contributed by atoms with Crippen LogP contribution in [0.15, 0.2) is 83.7 Å². The zero-order valence-electron chi connectivity index (χ0n) is 18.7. The number of nitrogens with one attached hydrogen (secondary N) is 1. The van der Waals surface area contributed by atoms with Gasteiger partial charge in [0.15, 0.2) is 5.11 Å². The van der Waals surface area contributed by atoms with Gasteiger partial charge in [0.05, 0.1) is 22.9 Å². The van der Waals surface area contributed by atoms with Crippen molar-refractivity contribution in [2.75, 3.05) is 0 Å². The number of benzene rings is 1. The molecule has 1 aliphatic rings. The van der Waals surface area contributed by atoms with Crippen molar-refractivity contribution < 1.29 is 24.2 Å². The molecule has 0 radical (unpaired) electrons. The van der Waals surface area contributed by atoms with E-state index in [1.165, 1.54) is 12.1 Å². The monoisotopic (exact) mass is 500 g/mol. The Balaban J connectivity index is 1.56. The first-order valence-corrected chi connectivity index (χ1v) is 11.4. The summed E-state index contributed by atoms with van der Waals surface area (Å²) in [5.74, 6) is -1.55. The molecule has 0 saturated carbocycles. The highest BCUT2D eigenvalue weighted by Gasteiger charge is 2.41. The lowest BCUT2D eigenvalue weighted by Crippen LogP contribution is -2.29. The average Bonchev–Trinajstić information content (AvgIpc) is 3.50. The quantitative estimate of drug-likeness (QED) is 0.316. The summed E-state index contributed by atoms with van der Waals surface area (Å²) in [6.07, 6.45) is 5.18. The van der Waals surface area contributed by atoms with Gasteiger partial charge in [-0.2, -0.15) is 0 Å². The summed E-state index contributed by atoms with van der Waals surface area (Å²) in [4.78, 5) is 33.8. The van der Waals surface area contributed by atoms with Crippen molar-refractivity contribution in [1.82, 2.24) is 20.2 Å². The maximum atomic E-state index is 11.6. The van der Waals surface area contributed by atoms with E-state index in [4.69, 9.17) is 16.6 Å². The Hall–Kier alpha value is -4.57. The van der Waals surface area contributed by atoms with E-state index in [1.54, 1.807) is 30.7 Å². The zero-order valence-corrected chi connectivity index (χ0v) is 19.6. The van der Waals surface area contributed by atoms with Gasteiger partial charge in [-0.05, 0) is 66.3 Å². The number of aromatic carboxylic acids is 2. The van der Waals surface area contributed by atoms with E-state index in [9.17, 15) is 19.8 Å². The molecule has 2 unspecified atom stereocenters. The summed E-state index contributed by atoms with van der Waals surface area (Å²) >= 11 is 5.68. The van der Waals surface area contributed by atoms with Gasteiger partial charge in [0.2, 0.25) is 0 Å². The van der Waals surface area contributed by atoms with Gasteiger partial charge in [-0.25, -0.2) is 9.59 Å². The molecule has 180 valence electrons. The Morgan fingerprint density at radius 2 is 1.78 bits per heavy atom. The van der Waals surface area contributed by atoms with Crippen LogP contribution < -0.4 is 5.32 Å². The Kier molecular flexibility index (Phi) is 6.17. The predicted octanol–water partition coefficient (Wildman–Crippen LogP) is 4.31. The summed E-state index contributed by atoms with van der Waals surface area (Å²) in [6, 6.07) is 16.1. The van der Waals surface area contributed by atoms with Crippen LogP contribution in [0.4, 0.5) is 0 Å². The fourth-order valence-electron chi connectivity index (χ4n) is 4.26. The molecule has 3 N–H and O–H groups in total. The van der Waals surface area contributed by atoms with Gasteiger partial charge in [-0.3, -0.25) is 9.97 Å². The molecular weight excluding hydrogens is 480 g/mol. The van der Waals surface area contributed by atoms with Crippen LogP contribution >= 0.6 is 12.2 Å². The van der Waals surface area contributed by atoms with Crippen LogP contribution in [0.3, 0.4) is 0 Å². The fraction of sp³-hybridized carbons (Fsp3) is 0.115. The third-order valence-corrected chi connectivity index (χ3v) is 6.26. The van der Waals surface area contributed by atoms with E-state index in [0.29, 0.717) is 28.7 Å². The van der Waals surface area contributed by atoms with Gasteiger partial charge in [0.1, 0.15) is 17.6 Å². The lowest BCUT2D eigenvalue weighted by atomic mass is 10.0. The van der Waals surface area contributed by atoms with E-state index in [1.807, 2.05) is 35.2 Å². The molecule has 1 fully saturated rings. The molecule has 0 spiro atoms. The van der Waals surface area contributed by atoms with Gasteiger partial charge in [-0.1, -0.05) is 12.1 Å². The van der Waals surface area contributed by atoms with Gasteiger partial charge in [-0.15, -0.1) is 0 Å². The number of aromatic nitrogens is 2. The second-order valence-corrected chi connectivity index (χ2v) is 8.61. The van der Waals surface area contributed by atoms with E-state index in [2.05, 4.69) is 15.3 Å². The van der Waals surface area contributed by atoms with Crippen molar-refractivity contribution in [3.8, 4) is 11.3 Å². The van der Waals surface area contributed by atoms with Crippen LogP contribution in [0.5, 0.6) is 0 Å². The van der Waals surface area contributed by atoms with Crippen LogP contribution in [0, 0.1) is 0 Å². The fourth-order valence-corrected chi connectivity index (χ4v) is 4.56. The standard InChI is InChI=1S/C26H20N4O5S/c31-24(32)17-10-16(11-18(12-17)25(33)34)20-6-7-21(35-20)23-22(19-5-1-2-9-28-19)29-26(36)30(23)14-15-4-3-8-27-13-15/h1-13,22-23H,14H2,(H,29,36)(H,31,32)(H,33,34). The molecule has 36 heavy (non-hydrogen) atoms. The predicted molar refractivity (Wildman–Crippen MR) is 133 cm³/mol. The minimum absolute atomic E-state index is 0.142. The molecule has 1 saturated heterocycles. The van der Waals surface area contributed by atoms with Crippen molar-refractivity contribution in [3.63, 3.8) is 0 Å². The van der Waals surface area contributed by atoms with Crippen LogP contribution in [-0.2, 0) is 6.54 Å². The number of pyridine rings is 2. The maximum absolute atomic E-state index is 11.6. The highest BCUT2D eigenvalue weighted by atomic mass is 32.1. The second-order valence-electron chi connectivity index (χ2n) is 8.23. The molecule has 1 aliphatic heterocycles. The first kappa shape index (κ1) is 23.2. The Morgan fingerprint density at radius 3 is 2.42 bits per heavy atom. The smallest absolute Gasteiger partial charge is 0.335 e. The molecule has 1 aromatic carbocycles. The molecule has 9 nitrogen and oxygen atoms in total. The number of hydrogen-bond donors (Lipinski definition) is 3. The summed E-state index contributed by atoms with van der Waals surface area (Å²) in [5.41, 5.74) is 1.80. The van der Waals surface area contributed by atoms with E-state index < -0.39 is 11.9 Å². The summed E-state index contributed by atoms with van der Waals surface area (Å²) < 4.78 is 6.22. The maximum Gasteiger partial charge on any atom is 0.335 e. The SMILES string of the molecule is O=C(O)c1cc(C(=O)O)cc(-c2ccc(C3C(c4ccccn4)NC(=S)N3Cc3cccnc3)o2)c1. The van der Waals surface area contributed by atoms with Crippen LogP contribution in [0.25, 0.3) is 11.3 Å². The minimum Gasteiger partial charge on any atom is -0.478 e. The summed E-state index contributed by atoms with van der Waals surface area (Å²) in [7, 11) is 0. The van der Waals surface area contributed by atoms with Gasteiger partial charge >= 0.3 is 11.9 Å². The molecule has 0 aliphatic carbocycles. The second kappa shape index (κ2) is 9.59. The largest absolute Gasteiger partial charge is 0.478 e. The van der Waals surface area contributed by atoms with Crippen molar-refractivity contribution in [3.05, 3.63) is 107 Å². The number of rotatable bonds is 7. The molecule has 10 heteroatoms. The van der Waals surface area contributed by atoms with Gasteiger partial charge in [0, 0.05) is 30.7 Å². The minimum atomic E-state index is -1.23. The molecule has 0 bridgehead atoms.